The molecule has 0 aliphatic rings. The van der Waals surface area contributed by atoms with E-state index in [0.29, 0.717) is 19.8 Å². The van der Waals surface area contributed by atoms with Crippen molar-refractivity contribution in [3.05, 3.63) is 50.7 Å². The molecule has 1 unspecified atom stereocenters. The Morgan fingerprint density at radius 2 is 2.00 bits per heavy atom. The Morgan fingerprint density at radius 1 is 1.24 bits per heavy atom. The molecule has 0 saturated heterocycles. The molecule has 0 amide bonds. The predicted octanol–water partition coefficient (Wildman–Crippen LogP) is -0.612. The Labute approximate surface area is 171 Å². The van der Waals surface area contributed by atoms with Crippen molar-refractivity contribution >= 4 is 40.8 Å². The summed E-state index contributed by atoms with van der Waals surface area (Å²) in [5, 5.41) is 0.252. The van der Waals surface area contributed by atoms with Crippen molar-refractivity contribution in [2.75, 3.05) is 19.0 Å². The molecule has 0 radical (unpaired) electrons. The molecule has 152 valence electrons. The van der Waals surface area contributed by atoms with Gasteiger partial charge in [-0.05, 0) is 0 Å². The van der Waals surface area contributed by atoms with Gasteiger partial charge in [0.1, 0.15) is 0 Å². The van der Waals surface area contributed by atoms with E-state index in [9.17, 15) is 13.8 Å². The molecule has 10 heteroatoms. The molecule has 2 aromatic heterocycles. The SMILES string of the molecule is C=Bc1cccc(Cn2c(S(=O)CCOCC)nc3c2c(=O)n(C)c(=O)n3C)c1. The molecule has 3 rings (SSSR count). The second kappa shape index (κ2) is 8.83. The summed E-state index contributed by atoms with van der Waals surface area (Å²) in [4.78, 5) is 29.6. The Kier molecular flexibility index (Phi) is 6.44. The van der Waals surface area contributed by atoms with Crippen LogP contribution < -0.4 is 16.7 Å². The molecular formula is C19H23BN4O4S. The molecule has 0 saturated carbocycles. The van der Waals surface area contributed by atoms with Gasteiger partial charge in [0.2, 0.25) is 0 Å². The quantitative estimate of drug-likeness (QED) is 0.363. The minimum absolute atomic E-state index is 0.220. The zero-order valence-electron chi connectivity index (χ0n) is 16.8. The zero-order chi connectivity index (χ0) is 21.1. The van der Waals surface area contributed by atoms with Gasteiger partial charge in [0.15, 0.2) is 0 Å². The number of hydrogen-bond acceptors (Lipinski definition) is 5. The zero-order valence-corrected chi connectivity index (χ0v) is 17.6. The van der Waals surface area contributed by atoms with Gasteiger partial charge in [-0.15, -0.1) is 0 Å². The van der Waals surface area contributed by atoms with Crippen molar-refractivity contribution in [1.82, 2.24) is 18.7 Å². The molecule has 0 fully saturated rings. The number of hydrogen-bond donors (Lipinski definition) is 0. The molecule has 0 aliphatic heterocycles. The van der Waals surface area contributed by atoms with Crippen LogP contribution in [0.2, 0.25) is 0 Å². The molecular weight excluding hydrogens is 391 g/mol. The van der Waals surface area contributed by atoms with Gasteiger partial charge in [-0.2, -0.15) is 0 Å². The van der Waals surface area contributed by atoms with Crippen LogP contribution in [0.5, 0.6) is 0 Å². The average Bonchev–Trinajstić information content (AvgIpc) is 3.10. The van der Waals surface area contributed by atoms with Crippen molar-refractivity contribution < 1.29 is 8.95 Å². The van der Waals surface area contributed by atoms with Crippen LogP contribution in [0.4, 0.5) is 0 Å². The predicted molar refractivity (Wildman–Crippen MR) is 116 cm³/mol. The van der Waals surface area contributed by atoms with Crippen LogP contribution in [0.25, 0.3) is 11.2 Å². The van der Waals surface area contributed by atoms with E-state index in [1.807, 2.05) is 31.2 Å². The Morgan fingerprint density at radius 3 is 2.69 bits per heavy atom. The third kappa shape index (κ3) is 4.08. The van der Waals surface area contributed by atoms with Crippen LogP contribution in [0, 0.1) is 0 Å². The molecule has 0 N–H and O–H groups in total. The molecule has 29 heavy (non-hydrogen) atoms. The number of fused-ring (bicyclic) bond motifs is 1. The van der Waals surface area contributed by atoms with Crippen LogP contribution in [0.3, 0.4) is 0 Å². The summed E-state index contributed by atoms with van der Waals surface area (Å²) in [5.41, 5.74) is 1.36. The number of rotatable bonds is 8. The van der Waals surface area contributed by atoms with Crippen LogP contribution in [0.1, 0.15) is 12.5 Å². The molecule has 0 spiro atoms. The number of aryl methyl sites for hydroxylation is 1. The average molecular weight is 414 g/mol. The second-order valence-electron chi connectivity index (χ2n) is 6.55. The van der Waals surface area contributed by atoms with Gasteiger partial charge in [0.25, 0.3) is 0 Å². The summed E-state index contributed by atoms with van der Waals surface area (Å²) in [6, 6.07) is 7.67. The first kappa shape index (κ1) is 21.1. The molecule has 0 aliphatic carbocycles. The first-order valence-electron chi connectivity index (χ1n) is 9.22. The van der Waals surface area contributed by atoms with E-state index >= 15 is 0 Å². The molecule has 1 atom stereocenters. The number of imidazole rings is 1. The first-order valence-corrected chi connectivity index (χ1v) is 10.5. The van der Waals surface area contributed by atoms with Gasteiger partial charge < -0.3 is 0 Å². The van der Waals surface area contributed by atoms with Gasteiger partial charge in [-0.1, -0.05) is 0 Å². The topological polar surface area (TPSA) is 88.1 Å². The molecule has 3 aromatic rings. The third-order valence-corrected chi connectivity index (χ3v) is 5.92. The summed E-state index contributed by atoms with van der Waals surface area (Å²) in [5.74, 6) is 0.248. The normalized spacial score (nSPS) is 12.2. The van der Waals surface area contributed by atoms with Crippen molar-refractivity contribution in [2.45, 2.75) is 18.6 Å². The monoisotopic (exact) mass is 414 g/mol. The molecule has 0 bridgehead atoms. The minimum atomic E-state index is -1.50. The molecule has 1 aromatic carbocycles. The van der Waals surface area contributed by atoms with E-state index in [2.05, 4.69) is 11.5 Å². The van der Waals surface area contributed by atoms with Gasteiger partial charge >= 0.3 is 171 Å². The van der Waals surface area contributed by atoms with Crippen LogP contribution >= 0.6 is 0 Å². The summed E-state index contributed by atoms with van der Waals surface area (Å²) in [7, 11) is 1.47. The molecule has 2 heterocycles. The van der Waals surface area contributed by atoms with E-state index in [4.69, 9.17) is 4.74 Å². The van der Waals surface area contributed by atoms with E-state index in [1.165, 1.54) is 11.6 Å². The summed E-state index contributed by atoms with van der Waals surface area (Å²) in [6.45, 7) is 8.51. The summed E-state index contributed by atoms with van der Waals surface area (Å²) >= 11 is 0. The maximum absolute atomic E-state index is 13.0. The van der Waals surface area contributed by atoms with Crippen molar-refractivity contribution in [3.8, 4) is 0 Å². The molecule has 8 nitrogen and oxygen atoms in total. The van der Waals surface area contributed by atoms with E-state index in [1.54, 1.807) is 18.5 Å². The number of ether oxygens (including phenoxy) is 1. The fourth-order valence-electron chi connectivity index (χ4n) is 3.12. The van der Waals surface area contributed by atoms with Gasteiger partial charge in [-0.25, -0.2) is 0 Å². The van der Waals surface area contributed by atoms with Crippen LogP contribution in [-0.2, 0) is 36.2 Å². The Hall–Kier alpha value is -2.59. The number of benzene rings is 1. The van der Waals surface area contributed by atoms with Gasteiger partial charge in [0.05, 0.1) is 0 Å². The fourth-order valence-corrected chi connectivity index (χ4v) is 4.16. The first-order chi connectivity index (χ1) is 13.9. The van der Waals surface area contributed by atoms with Crippen LogP contribution in [-0.4, -0.2) is 55.3 Å². The third-order valence-electron chi connectivity index (χ3n) is 4.66. The van der Waals surface area contributed by atoms with Gasteiger partial charge in [0, 0.05) is 0 Å². The summed E-state index contributed by atoms with van der Waals surface area (Å²) < 4.78 is 22.2. The maximum atomic E-state index is 13.0. The van der Waals surface area contributed by atoms with Gasteiger partial charge in [-0.3, -0.25) is 0 Å². The van der Waals surface area contributed by atoms with Crippen molar-refractivity contribution in [2.24, 2.45) is 14.1 Å². The van der Waals surface area contributed by atoms with Crippen molar-refractivity contribution in [3.63, 3.8) is 0 Å². The van der Waals surface area contributed by atoms with Crippen LogP contribution in [0.15, 0.2) is 39.0 Å². The van der Waals surface area contributed by atoms with E-state index in [0.717, 1.165) is 15.6 Å². The Balaban J connectivity index is 2.21. The second-order valence-corrected chi connectivity index (χ2v) is 8.02. The summed E-state index contributed by atoms with van der Waals surface area (Å²) in [6.07, 6.45) is 0. The Bertz CT molecular complexity index is 1210. The van der Waals surface area contributed by atoms with E-state index in [-0.39, 0.29) is 22.1 Å². The fraction of sp³-hybridized carbons (Fsp3) is 0.368. The van der Waals surface area contributed by atoms with Crippen molar-refractivity contribution in [1.29, 1.82) is 0 Å². The number of nitrogens with zero attached hydrogens (tertiary/aromatic N) is 4. The number of aromatic nitrogens is 4. The standard InChI is InChI=1S/C19H23BN4O4S/c1-5-28-9-10-29(27)18-21-16-15(17(25)23(4)19(26)22(16)3)24(18)12-13-7-6-8-14(11-13)20-2/h6-8,11H,2,5,9-10,12H2,1,3-4H3. The van der Waals surface area contributed by atoms with E-state index < -0.39 is 22.0 Å².